The van der Waals surface area contributed by atoms with Gasteiger partial charge in [0.2, 0.25) is 11.8 Å². The van der Waals surface area contributed by atoms with E-state index in [4.69, 9.17) is 19.3 Å². The van der Waals surface area contributed by atoms with E-state index < -0.39 is 18.0 Å². The summed E-state index contributed by atoms with van der Waals surface area (Å²) in [5, 5.41) is 3.06. The number of carbonyl (C=O) groups excluding carboxylic acids is 7. The molecule has 2 aliphatic heterocycles. The Morgan fingerprint density at radius 3 is 1.07 bits per heavy atom. The Morgan fingerprint density at radius 1 is 0.393 bits per heavy atom. The quantitative estimate of drug-likeness (QED) is 0.0718. The number of nitrogens with one attached hydrogen (secondary N) is 3. The summed E-state index contributed by atoms with van der Waals surface area (Å²) in [6.45, 7) is 4.69. The maximum absolute atomic E-state index is 13.4. The largest absolute Gasteiger partial charge is 0.378 e. The van der Waals surface area contributed by atoms with Gasteiger partial charge in [-0.2, -0.15) is 4.90 Å². The van der Waals surface area contributed by atoms with Crippen LogP contribution in [-0.4, -0.2) is 99.5 Å². The highest BCUT2D eigenvalue weighted by atomic mass is 16.2. The van der Waals surface area contributed by atoms with Crippen LogP contribution in [-0.2, 0) is 30.4 Å². The van der Waals surface area contributed by atoms with Gasteiger partial charge in [-0.25, -0.2) is 0 Å². The summed E-state index contributed by atoms with van der Waals surface area (Å²) in [5.41, 5.74) is 8.29. The molecule has 0 unspecified atom stereocenters. The van der Waals surface area contributed by atoms with Gasteiger partial charge < -0.3 is 15.1 Å². The molecular formula is C108H185N7O7. The van der Waals surface area contributed by atoms with Gasteiger partial charge in [0.15, 0.2) is 5.78 Å². The SMILES string of the molecule is C#CC#CC#CC#CC#CC#CC#CC#CC#CC#CC#CN(C#CC#CC#CC#CC#CC#CC#CC#CC#CC#CC#C)C(=O)c1ccc(NCC(=O)[C@@H]2CCCN2C(=O)CC)cc1.C#CC#CC#CC#CC#CC#CC#CC#CC#CC#CC#CN(C)C(=O)c1ccc(NNC(=O)[C@@H]2CCCN2C(=O)CCC(=O)[C@@H](C)Cc2ccccc2)cc1.[HH].[HH].[HH].[HH].[HH].[HH].[HH].[HH].[HH].[HH].[HH].[HH].[HH].[HH].[HH].[HH].[HH].[HH].[HH].[HH].[HH].[HH].[HH].[HH].[HH].[HH].[HH].[HH].[HH].[HH].[HH].[HH].[HH].[HH].[HH].[HH].[HH].[HH].[HH].[HH].[HH].[HH].[HH].[HH].[HH].[HH].[HH].[HH].[HH].[HH].[HH].[HH].[HH].[HH].[HH].[HH].[HH].[HH].[HH].[HH].[HH].[HH].[HH].[HH].[HH].[HH]. The monoisotopic (exact) mass is 1690 g/mol. The summed E-state index contributed by atoms with van der Waals surface area (Å²) in [4.78, 5) is 95.3. The smallest absolute Gasteiger partial charge is 0.277 e. The van der Waals surface area contributed by atoms with Gasteiger partial charge >= 0.3 is 0 Å². The number of amides is 5. The molecule has 0 aliphatic carbocycles. The van der Waals surface area contributed by atoms with Crippen molar-refractivity contribution in [1.82, 2.24) is 25.0 Å². The van der Waals surface area contributed by atoms with Crippen LogP contribution in [0, 0.1) is 399 Å². The maximum atomic E-state index is 13.4. The third kappa shape index (κ3) is 42.6. The third-order valence-corrected chi connectivity index (χ3v) is 14.4. The number of carbonyl (C=O) groups is 7. The van der Waals surface area contributed by atoms with E-state index in [-0.39, 0.29) is 160 Å². The Balaban J connectivity index is -0.0000000203. The van der Waals surface area contributed by atoms with Crippen molar-refractivity contribution >= 4 is 52.5 Å². The molecular weight excluding hydrogens is 1510 g/mol. The molecule has 3 aromatic carbocycles. The topological polar surface area (TPSA) is 169 Å². The van der Waals surface area contributed by atoms with Crippen molar-refractivity contribution in [2.24, 2.45) is 5.92 Å². The van der Waals surface area contributed by atoms with Crippen LogP contribution in [0.3, 0.4) is 0 Å². The number of Topliss-reactive ketones (excluding diaryl/α,β-unsaturated/α-hetero) is 2. The Morgan fingerprint density at radius 2 is 0.713 bits per heavy atom. The summed E-state index contributed by atoms with van der Waals surface area (Å²) < 4.78 is 0. The summed E-state index contributed by atoms with van der Waals surface area (Å²) in [5.74, 6) is 146. The molecule has 0 bridgehead atoms. The number of benzene rings is 3. The van der Waals surface area contributed by atoms with E-state index in [1.807, 2.05) is 37.3 Å². The van der Waals surface area contributed by atoms with E-state index in [2.05, 4.69) is 390 Å². The highest BCUT2D eigenvalue weighted by Crippen LogP contribution is 2.22. The van der Waals surface area contributed by atoms with Crippen molar-refractivity contribution in [3.05, 3.63) is 95.6 Å². The number of terminal acetylenes is 3. The van der Waals surface area contributed by atoms with E-state index in [0.29, 0.717) is 62.1 Å². The summed E-state index contributed by atoms with van der Waals surface area (Å²) in [7, 11) is 1.51. The van der Waals surface area contributed by atoms with Gasteiger partial charge in [-0.3, -0.25) is 49.3 Å². The van der Waals surface area contributed by atoms with Crippen molar-refractivity contribution in [3.8, 4) is 393 Å². The third-order valence-electron chi connectivity index (χ3n) is 14.4. The van der Waals surface area contributed by atoms with Gasteiger partial charge in [-0.05, 0) is 228 Å². The fourth-order valence-corrected chi connectivity index (χ4v) is 9.08. The molecule has 5 amide bonds. The number of rotatable bonds is 16. The number of anilines is 2. The van der Waals surface area contributed by atoms with E-state index >= 15 is 0 Å². The van der Waals surface area contributed by atoms with Crippen LogP contribution in [0.25, 0.3) is 0 Å². The zero-order chi connectivity index (χ0) is 87.6. The molecule has 3 N–H and O–H groups in total. The molecule has 2 aliphatic rings. The predicted molar refractivity (Wildman–Crippen MR) is 609 cm³/mol. The number of hydrogen-bond donors (Lipinski definition) is 3. The fourth-order valence-electron chi connectivity index (χ4n) is 9.08. The summed E-state index contributed by atoms with van der Waals surface area (Å²) >= 11 is 0. The first-order chi connectivity index (χ1) is 59.8. The number of ketones is 2. The van der Waals surface area contributed by atoms with Crippen LogP contribution in [0.4, 0.5) is 11.4 Å². The number of nitrogens with zero attached hydrogens (tertiary/aromatic N) is 4. The molecule has 14 nitrogen and oxygen atoms in total. The Hall–Kier alpha value is -20.6. The van der Waals surface area contributed by atoms with E-state index in [1.165, 1.54) is 11.9 Å². The van der Waals surface area contributed by atoms with Crippen LogP contribution >= 0.6 is 0 Å². The molecule has 122 heavy (non-hydrogen) atoms. The number of hydrazine groups is 1. The molecule has 0 aromatic heterocycles. The molecule has 0 spiro atoms. The highest BCUT2D eigenvalue weighted by Gasteiger charge is 2.35. The molecule has 0 radical (unpaired) electrons. The lowest BCUT2D eigenvalue weighted by Gasteiger charge is -2.24. The van der Waals surface area contributed by atoms with Crippen LogP contribution < -0.4 is 16.2 Å². The van der Waals surface area contributed by atoms with E-state index in [9.17, 15) is 33.6 Å². The average Bonchev–Trinajstić information content (AvgIpc) is 1.69. The van der Waals surface area contributed by atoms with Gasteiger partial charge in [-0.1, -0.05) is 44.2 Å². The van der Waals surface area contributed by atoms with E-state index in [0.717, 1.165) is 16.9 Å². The van der Waals surface area contributed by atoms with Gasteiger partial charge in [-0.15, -0.1) is 19.3 Å². The first-order valence-electron chi connectivity index (χ1n) is 35.5. The minimum absolute atomic E-state index is 0. The molecule has 694 valence electrons. The molecule has 2 fully saturated rings. The average molecular weight is 1690 g/mol. The molecule has 3 aromatic rings. The lowest BCUT2D eigenvalue weighted by molar-refractivity contribution is -0.139. The van der Waals surface area contributed by atoms with Crippen molar-refractivity contribution < 1.29 is 128 Å². The molecule has 14 heteroatoms. The van der Waals surface area contributed by atoms with Gasteiger partial charge in [0.05, 0.1) is 18.3 Å². The first kappa shape index (κ1) is 93.8. The molecule has 5 rings (SSSR count). The maximum Gasteiger partial charge on any atom is 0.277 e. The minimum atomic E-state index is -0.639. The van der Waals surface area contributed by atoms with Crippen LogP contribution in [0.2, 0.25) is 0 Å². The number of hydrogen-bond acceptors (Lipinski definition) is 9. The van der Waals surface area contributed by atoms with Crippen LogP contribution in [0.1, 0.15) is 179 Å². The van der Waals surface area contributed by atoms with E-state index in [1.54, 1.807) is 65.3 Å². The first-order valence-corrected chi connectivity index (χ1v) is 35.5. The second kappa shape index (κ2) is 62.1. The molecule has 0 saturated carbocycles. The fraction of sp³-hybridized carbons (Fsp3) is 0.157. The van der Waals surface area contributed by atoms with Crippen LogP contribution in [0.15, 0.2) is 78.9 Å². The van der Waals surface area contributed by atoms with Gasteiger partial charge in [0.1, 0.15) is 11.8 Å². The van der Waals surface area contributed by atoms with Crippen LogP contribution in [0.5, 0.6) is 0 Å². The molecule has 2 saturated heterocycles. The van der Waals surface area contributed by atoms with Gasteiger partial charge in [0, 0.05) is 388 Å². The Kier molecular flexibility index (Phi) is 47.8. The summed E-state index contributed by atoms with van der Waals surface area (Å²) in [6, 6.07) is 29.2. The van der Waals surface area contributed by atoms with Crippen molar-refractivity contribution in [3.63, 3.8) is 0 Å². The second-order valence-corrected chi connectivity index (χ2v) is 22.4. The Labute approximate surface area is 813 Å². The molecule has 3 atom stereocenters. The predicted octanol–water partition coefficient (Wildman–Crippen LogP) is 21.0. The Bertz CT molecular complexity index is 6950. The van der Waals surface area contributed by atoms with Crippen molar-refractivity contribution in [2.75, 3.05) is 37.4 Å². The lowest BCUT2D eigenvalue weighted by Crippen LogP contribution is -2.47. The molecule has 2 heterocycles. The zero-order valence-corrected chi connectivity index (χ0v) is 65.4. The zero-order valence-electron chi connectivity index (χ0n) is 65.4. The van der Waals surface area contributed by atoms with Crippen molar-refractivity contribution in [2.45, 2.75) is 77.3 Å². The summed E-state index contributed by atoms with van der Waals surface area (Å²) in [6.07, 6.45) is 18.7. The second-order valence-electron chi connectivity index (χ2n) is 22.4. The lowest BCUT2D eigenvalue weighted by atomic mass is 9.94. The number of likely N-dealkylation sites (tertiary alicyclic amines) is 2. The van der Waals surface area contributed by atoms with Crippen molar-refractivity contribution in [1.29, 1.82) is 0 Å². The van der Waals surface area contributed by atoms with Gasteiger partial charge in [0.25, 0.3) is 17.7 Å². The minimum Gasteiger partial charge on any atom is -0.378 e. The highest BCUT2D eigenvalue weighted by molar-refractivity contribution is 5.98. The standard InChI is InChI=1S/C60H21N3O3.C48H32N4O4.66H2/c1-4-7-9-11-13-15-17-19-21-23-25-27-29-31-33-35-37-39-41-43-51-62(52-44-42-40-38-36-34-32-30-28-26-24-22-20-18-16-14-12-10-8-5-2)60(66)55-47-49-56(50-48-55)61-54-58(64)57-46-45-53-63(57)59(65)6-3;1-4-5-6-7-8-9-10-11-12-13-14-15-16-17-18-19-20-21-22-26-37-51(3)48(56)42-31-33-43(34-32-42)49-50-47(55)44-30-27-38-52(44)46(54)36-35-45(53)40(2)39-41-28-24-23-25-29-41;;;;;;;;;;;;;;;;;;;;;;;;;;;;;;;;;;;;;;;;;;;;;;;;;;;;;;;;;;;;;;;;;;/h1-2,47-50,57,61H,6,45-46,53-54H2,3H3;1,23-25,28-29,31-34,40,44,49H,27,30,35-36,38-39H2,2-3H3,(H,50,55);66*1H/t57-;40-,44-;;;;;;;;;;;;;;;;;;;;;;;;;;;;;;;;;;;;;;;;;;;;;;;;;;;;;;;;;;;;;;;;;;/m00................................................................../s1. The normalized spacial score (nSPS) is 9.87.